The van der Waals surface area contributed by atoms with Crippen LogP contribution in [0.5, 0.6) is 0 Å². The quantitative estimate of drug-likeness (QED) is 0.811. The maximum Gasteiger partial charge on any atom is 0.340 e. The van der Waals surface area contributed by atoms with Crippen LogP contribution in [-0.4, -0.2) is 37.5 Å². The minimum absolute atomic E-state index is 0.162. The number of esters is 1. The second-order valence-electron chi connectivity index (χ2n) is 6.25. The lowest BCUT2D eigenvalue weighted by molar-refractivity contribution is -0.122. The van der Waals surface area contributed by atoms with Crippen LogP contribution in [0, 0.1) is 0 Å². The smallest absolute Gasteiger partial charge is 0.340 e. The summed E-state index contributed by atoms with van der Waals surface area (Å²) >= 11 is 0. The van der Waals surface area contributed by atoms with Crippen LogP contribution in [0.4, 0.5) is 17.1 Å². The predicted molar refractivity (Wildman–Crippen MR) is 103 cm³/mol. The fourth-order valence-corrected chi connectivity index (χ4v) is 3.12. The van der Waals surface area contributed by atoms with E-state index >= 15 is 0 Å². The van der Waals surface area contributed by atoms with Crippen LogP contribution in [0.2, 0.25) is 0 Å². The van der Waals surface area contributed by atoms with Crippen molar-refractivity contribution < 1.29 is 19.1 Å². The molecule has 1 aliphatic rings. The summed E-state index contributed by atoms with van der Waals surface area (Å²) in [4.78, 5) is 38.7. The van der Waals surface area contributed by atoms with E-state index in [2.05, 4.69) is 10.6 Å². The van der Waals surface area contributed by atoms with E-state index in [1.165, 1.54) is 4.90 Å². The Labute approximate surface area is 157 Å². The van der Waals surface area contributed by atoms with Gasteiger partial charge in [-0.3, -0.25) is 9.59 Å². The Morgan fingerprint density at radius 1 is 1.19 bits per heavy atom. The van der Waals surface area contributed by atoms with Crippen LogP contribution < -0.4 is 15.5 Å². The number of anilines is 3. The second kappa shape index (κ2) is 7.90. The van der Waals surface area contributed by atoms with Gasteiger partial charge in [-0.2, -0.15) is 0 Å². The van der Waals surface area contributed by atoms with Gasteiger partial charge < -0.3 is 20.3 Å². The first kappa shape index (κ1) is 18.4. The lowest BCUT2D eigenvalue weighted by Gasteiger charge is -2.27. The van der Waals surface area contributed by atoms with Crippen molar-refractivity contribution in [3.63, 3.8) is 0 Å². The highest BCUT2D eigenvalue weighted by molar-refractivity contribution is 6.05. The molecule has 0 aromatic heterocycles. The van der Waals surface area contributed by atoms with Crippen molar-refractivity contribution in [2.75, 3.05) is 29.2 Å². The van der Waals surface area contributed by atoms with Crippen LogP contribution in [0.15, 0.2) is 48.5 Å². The molecular weight excluding hydrogens is 346 g/mol. The molecule has 2 N–H and O–H groups in total. The van der Waals surface area contributed by atoms with Crippen LogP contribution in [0.1, 0.15) is 23.7 Å². The monoisotopic (exact) mass is 367 g/mol. The minimum Gasteiger partial charge on any atom is -0.452 e. The van der Waals surface area contributed by atoms with Crippen molar-refractivity contribution in [2.45, 2.75) is 19.4 Å². The summed E-state index contributed by atoms with van der Waals surface area (Å²) in [7, 11) is 1.71. The summed E-state index contributed by atoms with van der Waals surface area (Å²) in [5.74, 6) is -1.13. The average Bonchev–Trinajstić information content (AvgIpc) is 2.79. The molecule has 27 heavy (non-hydrogen) atoms. The summed E-state index contributed by atoms with van der Waals surface area (Å²) in [5, 5.41) is 5.71. The number of benzene rings is 2. The lowest BCUT2D eigenvalue weighted by atomic mass is 10.1. The SMILES string of the molecule is CNc1ccccc1C(=O)OCC(=O)N1c2ccccc2NC(=O)C[C@H]1C. The topological polar surface area (TPSA) is 87.7 Å². The van der Waals surface area contributed by atoms with Gasteiger partial charge in [0.25, 0.3) is 5.91 Å². The average molecular weight is 367 g/mol. The molecule has 0 saturated carbocycles. The van der Waals surface area contributed by atoms with Crippen LogP contribution in [0.25, 0.3) is 0 Å². The summed E-state index contributed by atoms with van der Waals surface area (Å²) in [6.45, 7) is 1.38. The number of rotatable bonds is 4. The Morgan fingerprint density at radius 2 is 1.89 bits per heavy atom. The number of ether oxygens (including phenoxy) is 1. The predicted octanol–water partition coefficient (Wildman–Crippen LogP) is 2.65. The molecule has 140 valence electrons. The molecule has 0 unspecified atom stereocenters. The fourth-order valence-electron chi connectivity index (χ4n) is 3.12. The molecule has 2 aromatic rings. The Balaban J connectivity index is 1.77. The van der Waals surface area contributed by atoms with E-state index in [-0.39, 0.29) is 24.3 Å². The highest BCUT2D eigenvalue weighted by Gasteiger charge is 2.30. The molecule has 2 amide bonds. The van der Waals surface area contributed by atoms with Crippen molar-refractivity contribution in [1.82, 2.24) is 0 Å². The minimum atomic E-state index is -0.585. The largest absolute Gasteiger partial charge is 0.452 e. The van der Waals surface area contributed by atoms with Gasteiger partial charge in [0.1, 0.15) is 0 Å². The third-order valence-electron chi connectivity index (χ3n) is 4.37. The third kappa shape index (κ3) is 3.92. The van der Waals surface area contributed by atoms with Gasteiger partial charge in [-0.15, -0.1) is 0 Å². The molecule has 0 radical (unpaired) electrons. The van der Waals surface area contributed by atoms with Crippen LogP contribution in [-0.2, 0) is 14.3 Å². The maximum atomic E-state index is 12.8. The molecule has 1 aliphatic heterocycles. The van der Waals surface area contributed by atoms with E-state index < -0.39 is 12.6 Å². The molecule has 7 heteroatoms. The van der Waals surface area contributed by atoms with Gasteiger partial charge >= 0.3 is 5.97 Å². The Kier molecular flexibility index (Phi) is 5.40. The van der Waals surface area contributed by atoms with E-state index in [9.17, 15) is 14.4 Å². The molecule has 0 aliphatic carbocycles. The summed E-state index contributed by atoms with van der Waals surface area (Å²) in [6.07, 6.45) is 0.164. The zero-order valence-electron chi connectivity index (χ0n) is 15.2. The third-order valence-corrected chi connectivity index (χ3v) is 4.37. The molecule has 2 aromatic carbocycles. The van der Waals surface area contributed by atoms with E-state index in [1.807, 2.05) is 0 Å². The normalized spacial score (nSPS) is 16.0. The van der Waals surface area contributed by atoms with E-state index in [0.29, 0.717) is 22.6 Å². The second-order valence-corrected chi connectivity index (χ2v) is 6.25. The Morgan fingerprint density at radius 3 is 2.67 bits per heavy atom. The van der Waals surface area contributed by atoms with E-state index in [1.54, 1.807) is 62.5 Å². The van der Waals surface area contributed by atoms with Crippen molar-refractivity contribution in [2.24, 2.45) is 0 Å². The number of carbonyl (C=O) groups is 3. The Hall–Kier alpha value is -3.35. The molecule has 0 fully saturated rings. The van der Waals surface area contributed by atoms with Crippen molar-refractivity contribution in [1.29, 1.82) is 0 Å². The summed E-state index contributed by atoms with van der Waals surface area (Å²) in [6, 6.07) is 13.6. The number of hydrogen-bond donors (Lipinski definition) is 2. The highest BCUT2D eigenvalue weighted by Crippen LogP contribution is 2.31. The van der Waals surface area contributed by atoms with Gasteiger partial charge in [0.2, 0.25) is 5.91 Å². The molecule has 1 atom stereocenters. The number of amides is 2. The number of para-hydroxylation sites is 3. The van der Waals surface area contributed by atoms with Gasteiger partial charge in [-0.05, 0) is 31.2 Å². The van der Waals surface area contributed by atoms with Gasteiger partial charge in [0, 0.05) is 25.2 Å². The van der Waals surface area contributed by atoms with Crippen LogP contribution >= 0.6 is 0 Å². The van der Waals surface area contributed by atoms with Crippen molar-refractivity contribution in [3.8, 4) is 0 Å². The Bertz CT molecular complexity index is 881. The highest BCUT2D eigenvalue weighted by atomic mass is 16.5. The standard InChI is InChI=1S/C20H21N3O4/c1-13-11-18(24)22-16-9-5-6-10-17(16)23(13)19(25)12-27-20(26)14-7-3-4-8-15(14)21-2/h3-10,13,21H,11-12H2,1-2H3,(H,22,24)/t13-/m1/s1. The molecule has 1 heterocycles. The zero-order chi connectivity index (χ0) is 19.4. The molecule has 3 rings (SSSR count). The van der Waals surface area contributed by atoms with Crippen molar-refractivity contribution in [3.05, 3.63) is 54.1 Å². The lowest BCUT2D eigenvalue weighted by Crippen LogP contribution is -2.41. The van der Waals surface area contributed by atoms with Gasteiger partial charge in [-0.1, -0.05) is 24.3 Å². The summed E-state index contributed by atoms with van der Waals surface area (Å²) < 4.78 is 5.24. The zero-order valence-corrected chi connectivity index (χ0v) is 15.2. The van der Waals surface area contributed by atoms with Gasteiger partial charge in [-0.25, -0.2) is 4.79 Å². The molecule has 7 nitrogen and oxygen atoms in total. The van der Waals surface area contributed by atoms with E-state index in [0.717, 1.165) is 0 Å². The molecule has 0 spiro atoms. The molecule has 0 bridgehead atoms. The van der Waals surface area contributed by atoms with Gasteiger partial charge in [0.05, 0.1) is 16.9 Å². The summed E-state index contributed by atoms with van der Waals surface area (Å²) in [5.41, 5.74) is 2.13. The first-order valence-electron chi connectivity index (χ1n) is 8.66. The van der Waals surface area contributed by atoms with Crippen molar-refractivity contribution >= 4 is 34.8 Å². The first-order chi connectivity index (χ1) is 13.0. The first-order valence-corrected chi connectivity index (χ1v) is 8.66. The number of fused-ring (bicyclic) bond motifs is 1. The molecular formula is C20H21N3O4. The van der Waals surface area contributed by atoms with E-state index in [4.69, 9.17) is 4.74 Å². The number of hydrogen-bond acceptors (Lipinski definition) is 5. The fraction of sp³-hybridized carbons (Fsp3) is 0.250. The number of nitrogens with one attached hydrogen (secondary N) is 2. The number of nitrogens with zero attached hydrogens (tertiary/aromatic N) is 1. The number of carbonyl (C=O) groups excluding carboxylic acids is 3. The molecule has 0 saturated heterocycles. The van der Waals surface area contributed by atoms with Gasteiger partial charge in [0.15, 0.2) is 6.61 Å². The maximum absolute atomic E-state index is 12.8. The van der Waals surface area contributed by atoms with Crippen LogP contribution in [0.3, 0.4) is 0 Å².